The van der Waals surface area contributed by atoms with Crippen molar-refractivity contribution in [2.75, 3.05) is 46.1 Å². The number of ether oxygens (including phenoxy) is 1. The van der Waals surface area contributed by atoms with Crippen molar-refractivity contribution in [3.05, 3.63) is 48.0 Å². The van der Waals surface area contributed by atoms with Crippen LogP contribution in [0.3, 0.4) is 0 Å². The van der Waals surface area contributed by atoms with Gasteiger partial charge in [-0.05, 0) is 28.7 Å². The van der Waals surface area contributed by atoms with E-state index >= 15 is 0 Å². The van der Waals surface area contributed by atoms with Crippen LogP contribution >= 0.6 is 0 Å². The standard InChI is InChI=1S/C27H40BN4O7/c1-19(2)16-24(29)39-28-38-15-11-31(10-13-33)25-18-37-14-12-32(25)27(36)30-23(26(34)35)17-21-8-5-7-20-6-3-4-9-22(20)21/h3-9,19,23-25,33H,10-18,29H2,1-2H3,(H,30,36)(H,34,35)/t23-,24+,25?/m0/s1. The number of urea groups is 1. The van der Waals surface area contributed by atoms with Gasteiger partial charge < -0.3 is 40.2 Å². The number of carbonyl (C=O) groups excluding carboxylic acids is 1. The molecular weight excluding hydrogens is 503 g/mol. The number of benzene rings is 2. The highest BCUT2D eigenvalue weighted by molar-refractivity contribution is 6.18. The lowest BCUT2D eigenvalue weighted by atomic mass is 9.99. The van der Waals surface area contributed by atoms with Crippen LogP contribution in [0.5, 0.6) is 0 Å². The van der Waals surface area contributed by atoms with Gasteiger partial charge in [0.05, 0.1) is 26.0 Å². The van der Waals surface area contributed by atoms with Crippen LogP contribution in [0.15, 0.2) is 42.5 Å². The van der Waals surface area contributed by atoms with E-state index in [1.807, 2.05) is 61.2 Å². The number of aliphatic hydroxyl groups excluding tert-OH is 1. The molecule has 2 amide bonds. The molecule has 39 heavy (non-hydrogen) atoms. The van der Waals surface area contributed by atoms with Gasteiger partial charge in [0.15, 0.2) is 0 Å². The van der Waals surface area contributed by atoms with Crippen molar-refractivity contribution in [2.24, 2.45) is 11.7 Å². The Hall–Kier alpha value is -2.74. The van der Waals surface area contributed by atoms with Crippen molar-refractivity contribution in [1.82, 2.24) is 15.1 Å². The Morgan fingerprint density at radius 1 is 1.23 bits per heavy atom. The summed E-state index contributed by atoms with van der Waals surface area (Å²) >= 11 is 0. The van der Waals surface area contributed by atoms with Crippen LogP contribution in [0.25, 0.3) is 10.8 Å². The number of hydrogen-bond donors (Lipinski definition) is 4. The van der Waals surface area contributed by atoms with Crippen LogP contribution in [0.1, 0.15) is 25.8 Å². The van der Waals surface area contributed by atoms with Gasteiger partial charge in [-0.1, -0.05) is 56.3 Å². The molecule has 0 bridgehead atoms. The van der Waals surface area contributed by atoms with Gasteiger partial charge >= 0.3 is 19.7 Å². The topological polar surface area (TPSA) is 147 Å². The van der Waals surface area contributed by atoms with Crippen molar-refractivity contribution in [3.8, 4) is 0 Å². The summed E-state index contributed by atoms with van der Waals surface area (Å²) in [6, 6.07) is 11.8. The Kier molecular flexibility index (Phi) is 12.4. The summed E-state index contributed by atoms with van der Waals surface area (Å²) in [7, 11) is 1.22. The van der Waals surface area contributed by atoms with Gasteiger partial charge in [0.25, 0.3) is 0 Å². The molecule has 213 valence electrons. The van der Waals surface area contributed by atoms with Gasteiger partial charge in [-0.25, -0.2) is 9.59 Å². The molecule has 2 aromatic rings. The molecule has 0 aromatic heterocycles. The Morgan fingerprint density at radius 3 is 2.74 bits per heavy atom. The second-order valence-corrected chi connectivity index (χ2v) is 9.96. The van der Waals surface area contributed by atoms with Crippen LogP contribution in [0.2, 0.25) is 0 Å². The van der Waals surface area contributed by atoms with Crippen LogP contribution < -0.4 is 11.1 Å². The monoisotopic (exact) mass is 543 g/mol. The molecule has 0 saturated carbocycles. The summed E-state index contributed by atoms with van der Waals surface area (Å²) in [5.74, 6) is -0.724. The van der Waals surface area contributed by atoms with Crippen molar-refractivity contribution >= 4 is 30.5 Å². The lowest BCUT2D eigenvalue weighted by Gasteiger charge is -2.42. The first-order valence-corrected chi connectivity index (χ1v) is 13.3. The molecule has 1 unspecified atom stereocenters. The minimum Gasteiger partial charge on any atom is -0.480 e. The van der Waals surface area contributed by atoms with E-state index in [-0.39, 0.29) is 39.3 Å². The maximum Gasteiger partial charge on any atom is 0.489 e. The number of carbonyl (C=O) groups is 2. The molecule has 11 nitrogen and oxygen atoms in total. The maximum absolute atomic E-state index is 13.4. The Balaban J connectivity index is 1.62. The van der Waals surface area contributed by atoms with Gasteiger partial charge in [0.2, 0.25) is 0 Å². The minimum absolute atomic E-state index is 0.135. The molecule has 3 rings (SSSR count). The lowest BCUT2D eigenvalue weighted by Crippen LogP contribution is -2.62. The molecule has 0 aliphatic carbocycles. The number of nitrogens with two attached hydrogens (primary N) is 1. The molecule has 1 fully saturated rings. The Labute approximate surface area is 230 Å². The third-order valence-corrected chi connectivity index (χ3v) is 6.57. The first kappa shape index (κ1) is 30.8. The molecule has 2 aromatic carbocycles. The number of aliphatic carboxylic acids is 1. The summed E-state index contributed by atoms with van der Waals surface area (Å²) in [5.41, 5.74) is 6.72. The Bertz CT molecular complexity index is 1050. The van der Waals surface area contributed by atoms with Crippen LogP contribution in [0, 0.1) is 5.92 Å². The van der Waals surface area contributed by atoms with E-state index in [9.17, 15) is 19.8 Å². The molecule has 1 aliphatic rings. The normalized spacial score (nSPS) is 17.4. The molecule has 12 heteroatoms. The van der Waals surface area contributed by atoms with Crippen LogP contribution in [0.4, 0.5) is 4.79 Å². The second kappa shape index (κ2) is 15.8. The van der Waals surface area contributed by atoms with Gasteiger partial charge in [-0.15, -0.1) is 0 Å². The number of nitrogens with zero attached hydrogens (tertiary/aromatic N) is 2. The van der Waals surface area contributed by atoms with Crippen LogP contribution in [-0.2, 0) is 25.3 Å². The quantitative estimate of drug-likeness (QED) is 0.149. The number of aliphatic hydroxyl groups is 1. The minimum atomic E-state index is -1.12. The Morgan fingerprint density at radius 2 is 2.00 bits per heavy atom. The molecule has 1 saturated heterocycles. The molecule has 3 atom stereocenters. The van der Waals surface area contributed by atoms with Gasteiger partial charge in [0.1, 0.15) is 12.2 Å². The predicted molar refractivity (Wildman–Crippen MR) is 148 cm³/mol. The highest BCUT2D eigenvalue weighted by Crippen LogP contribution is 2.20. The number of nitrogens with one attached hydrogen (secondary N) is 1. The van der Waals surface area contributed by atoms with Gasteiger partial charge in [-0.2, -0.15) is 0 Å². The number of carboxylic acids is 1. The first-order chi connectivity index (χ1) is 18.8. The predicted octanol–water partition coefficient (Wildman–Crippen LogP) is 1.40. The average molecular weight is 543 g/mol. The number of fused-ring (bicyclic) bond motifs is 1. The zero-order valence-electron chi connectivity index (χ0n) is 22.7. The highest BCUT2D eigenvalue weighted by Gasteiger charge is 2.34. The van der Waals surface area contributed by atoms with E-state index in [0.29, 0.717) is 25.5 Å². The number of hydrogen-bond acceptors (Lipinski definition) is 8. The van der Waals surface area contributed by atoms with E-state index in [4.69, 9.17) is 19.8 Å². The average Bonchev–Trinajstić information content (AvgIpc) is 2.91. The third-order valence-electron chi connectivity index (χ3n) is 6.57. The fourth-order valence-corrected chi connectivity index (χ4v) is 4.64. The van der Waals surface area contributed by atoms with Gasteiger partial charge in [0, 0.05) is 32.7 Å². The van der Waals surface area contributed by atoms with Crippen molar-refractivity contribution in [2.45, 2.75) is 45.1 Å². The van der Waals surface area contributed by atoms with Gasteiger partial charge in [-0.3, -0.25) is 4.90 Å². The highest BCUT2D eigenvalue weighted by atomic mass is 16.6. The van der Waals surface area contributed by atoms with Crippen molar-refractivity contribution in [1.29, 1.82) is 0 Å². The van der Waals surface area contributed by atoms with E-state index in [0.717, 1.165) is 16.3 Å². The van der Waals surface area contributed by atoms with E-state index in [2.05, 4.69) is 5.32 Å². The van der Waals surface area contributed by atoms with Crippen molar-refractivity contribution < 1.29 is 33.8 Å². The summed E-state index contributed by atoms with van der Waals surface area (Å²) < 4.78 is 16.4. The number of morpholine rings is 1. The SMILES string of the molecule is CC(C)C[C@H](N)O[B]OCCN(CCO)C1COCCN1C(=O)N[C@@H](Cc1cccc2ccccc12)C(=O)O. The number of carboxylic acid groups (broad SMARTS) is 1. The molecule has 1 aliphatic heterocycles. The number of rotatable bonds is 15. The lowest BCUT2D eigenvalue weighted by molar-refractivity contribution is -0.139. The molecular formula is C27H40BN4O7. The maximum atomic E-state index is 13.4. The summed E-state index contributed by atoms with van der Waals surface area (Å²) in [4.78, 5) is 28.9. The second-order valence-electron chi connectivity index (χ2n) is 9.96. The molecule has 1 heterocycles. The van der Waals surface area contributed by atoms with Crippen molar-refractivity contribution in [3.63, 3.8) is 0 Å². The van der Waals surface area contributed by atoms with E-state index in [1.165, 1.54) is 7.69 Å². The molecule has 0 spiro atoms. The molecule has 5 N–H and O–H groups in total. The third kappa shape index (κ3) is 9.45. The summed E-state index contributed by atoms with van der Waals surface area (Å²) in [6.07, 6.45) is -0.135. The smallest absolute Gasteiger partial charge is 0.480 e. The largest absolute Gasteiger partial charge is 0.489 e. The number of amides is 2. The first-order valence-electron chi connectivity index (χ1n) is 13.3. The summed E-state index contributed by atoms with van der Waals surface area (Å²) in [6.45, 7) is 5.66. The van der Waals surface area contributed by atoms with Crippen LogP contribution in [-0.4, -0.2) is 104 Å². The fraction of sp³-hybridized carbons (Fsp3) is 0.556. The zero-order valence-corrected chi connectivity index (χ0v) is 22.7. The molecule has 1 radical (unpaired) electrons. The zero-order chi connectivity index (χ0) is 28.2. The fourth-order valence-electron chi connectivity index (χ4n) is 4.64. The summed E-state index contributed by atoms with van der Waals surface area (Å²) in [5, 5.41) is 24.2. The van der Waals surface area contributed by atoms with E-state index in [1.54, 1.807) is 4.90 Å². The van der Waals surface area contributed by atoms with E-state index < -0.39 is 30.4 Å².